The van der Waals surface area contributed by atoms with Crippen LogP contribution < -0.4 is 10.5 Å². The van der Waals surface area contributed by atoms with E-state index in [-0.39, 0.29) is 6.54 Å². The summed E-state index contributed by atoms with van der Waals surface area (Å²) in [6, 6.07) is 20.8. The standard InChI is InChI=1S/C19H14N2O3S/c22-19-21(20-18(24-19)17-11-6-12-25-17)13-14-7-4-5-10-16(14)23-15-8-2-1-3-9-15/h1-12H,13H2. The van der Waals surface area contributed by atoms with Gasteiger partial charge >= 0.3 is 5.76 Å². The largest absolute Gasteiger partial charge is 0.457 e. The Labute approximate surface area is 147 Å². The van der Waals surface area contributed by atoms with Crippen molar-refractivity contribution in [3.63, 3.8) is 0 Å². The van der Waals surface area contributed by atoms with Gasteiger partial charge in [0, 0.05) is 5.56 Å². The van der Waals surface area contributed by atoms with Gasteiger partial charge in [-0.1, -0.05) is 42.5 Å². The fourth-order valence-electron chi connectivity index (χ4n) is 2.42. The maximum Gasteiger partial charge on any atom is 0.437 e. The molecule has 5 nitrogen and oxygen atoms in total. The number of hydrogen-bond acceptors (Lipinski definition) is 5. The molecule has 0 spiro atoms. The zero-order chi connectivity index (χ0) is 17.1. The molecule has 0 bridgehead atoms. The minimum atomic E-state index is -0.488. The molecule has 0 N–H and O–H groups in total. The molecule has 25 heavy (non-hydrogen) atoms. The Balaban J connectivity index is 1.62. The maximum absolute atomic E-state index is 12.1. The lowest BCUT2D eigenvalue weighted by molar-refractivity contribution is 0.464. The molecule has 0 amide bonds. The van der Waals surface area contributed by atoms with Gasteiger partial charge in [-0.2, -0.15) is 4.68 Å². The molecule has 6 heteroatoms. The van der Waals surface area contributed by atoms with Gasteiger partial charge in [-0.05, 0) is 29.6 Å². The molecule has 0 fully saturated rings. The summed E-state index contributed by atoms with van der Waals surface area (Å²) < 4.78 is 12.5. The lowest BCUT2D eigenvalue weighted by atomic mass is 10.2. The van der Waals surface area contributed by atoms with Crippen molar-refractivity contribution >= 4 is 11.3 Å². The first-order chi connectivity index (χ1) is 12.3. The van der Waals surface area contributed by atoms with Crippen LogP contribution in [0.15, 0.2) is 81.3 Å². The van der Waals surface area contributed by atoms with Crippen LogP contribution in [0, 0.1) is 0 Å². The topological polar surface area (TPSA) is 57.3 Å². The van der Waals surface area contributed by atoms with Crippen molar-refractivity contribution in [2.75, 3.05) is 0 Å². The minimum absolute atomic E-state index is 0.275. The third-order valence-electron chi connectivity index (χ3n) is 3.60. The first-order valence-electron chi connectivity index (χ1n) is 7.72. The van der Waals surface area contributed by atoms with Crippen LogP contribution in [-0.2, 0) is 6.54 Å². The summed E-state index contributed by atoms with van der Waals surface area (Å²) >= 11 is 1.48. The molecule has 4 rings (SSSR count). The molecule has 2 aromatic carbocycles. The summed E-state index contributed by atoms with van der Waals surface area (Å²) in [6.07, 6.45) is 0. The van der Waals surface area contributed by atoms with Gasteiger partial charge in [-0.15, -0.1) is 16.4 Å². The third-order valence-corrected chi connectivity index (χ3v) is 4.46. The van der Waals surface area contributed by atoms with Crippen LogP contribution >= 0.6 is 11.3 Å². The normalized spacial score (nSPS) is 10.7. The van der Waals surface area contributed by atoms with Crippen molar-refractivity contribution in [1.29, 1.82) is 0 Å². The number of benzene rings is 2. The molecule has 4 aromatic rings. The number of aromatic nitrogens is 2. The average Bonchev–Trinajstić information content (AvgIpc) is 3.28. The Kier molecular flexibility index (Phi) is 4.18. The lowest BCUT2D eigenvalue weighted by Crippen LogP contribution is -2.16. The zero-order valence-electron chi connectivity index (χ0n) is 13.2. The maximum atomic E-state index is 12.1. The van der Waals surface area contributed by atoms with E-state index in [4.69, 9.17) is 9.15 Å². The summed E-state index contributed by atoms with van der Waals surface area (Å²) in [5.41, 5.74) is 0.847. The van der Waals surface area contributed by atoms with Crippen LogP contribution in [-0.4, -0.2) is 9.78 Å². The number of hydrogen-bond donors (Lipinski definition) is 0. The molecule has 0 unspecified atom stereocenters. The smallest absolute Gasteiger partial charge is 0.437 e. The first-order valence-corrected chi connectivity index (χ1v) is 8.60. The molecular weight excluding hydrogens is 336 g/mol. The van der Waals surface area contributed by atoms with E-state index in [1.807, 2.05) is 72.1 Å². The van der Waals surface area contributed by atoms with E-state index in [0.717, 1.165) is 16.2 Å². The van der Waals surface area contributed by atoms with Gasteiger partial charge < -0.3 is 9.15 Å². The number of rotatable bonds is 5. The molecule has 0 aliphatic heterocycles. The Hall–Kier alpha value is -3.12. The van der Waals surface area contributed by atoms with Crippen molar-refractivity contribution in [3.05, 3.63) is 88.2 Å². The first kappa shape index (κ1) is 15.4. The van der Waals surface area contributed by atoms with Crippen molar-refractivity contribution in [1.82, 2.24) is 9.78 Å². The molecule has 0 aliphatic carbocycles. The van der Waals surface area contributed by atoms with E-state index in [0.29, 0.717) is 11.6 Å². The molecule has 2 aromatic heterocycles. The summed E-state index contributed by atoms with van der Waals surface area (Å²) in [4.78, 5) is 12.9. The number of nitrogens with zero attached hydrogens (tertiary/aromatic N) is 2. The van der Waals surface area contributed by atoms with Crippen LogP contribution in [0.1, 0.15) is 5.56 Å². The summed E-state index contributed by atoms with van der Waals surface area (Å²) in [5, 5.41) is 6.20. The molecule has 124 valence electrons. The fraction of sp³-hybridized carbons (Fsp3) is 0.0526. The fourth-order valence-corrected chi connectivity index (χ4v) is 3.06. The van der Waals surface area contributed by atoms with Gasteiger partial charge in [0.05, 0.1) is 11.4 Å². The van der Waals surface area contributed by atoms with Gasteiger partial charge in [0.25, 0.3) is 5.89 Å². The van der Waals surface area contributed by atoms with E-state index >= 15 is 0 Å². The highest BCUT2D eigenvalue weighted by Crippen LogP contribution is 2.26. The molecule has 2 heterocycles. The van der Waals surface area contributed by atoms with Crippen LogP contribution in [0.3, 0.4) is 0 Å². The van der Waals surface area contributed by atoms with Gasteiger partial charge in [0.2, 0.25) is 0 Å². The molecule has 0 atom stereocenters. The van der Waals surface area contributed by atoms with E-state index in [9.17, 15) is 4.79 Å². The minimum Gasteiger partial charge on any atom is -0.457 e. The molecule has 0 saturated heterocycles. The molecular formula is C19H14N2O3S. The summed E-state index contributed by atoms with van der Waals surface area (Å²) in [7, 11) is 0. The third kappa shape index (κ3) is 3.39. The second-order valence-electron chi connectivity index (χ2n) is 5.33. The van der Waals surface area contributed by atoms with E-state index < -0.39 is 5.76 Å². The van der Waals surface area contributed by atoms with Crippen LogP contribution in [0.25, 0.3) is 10.8 Å². The number of thiophene rings is 1. The zero-order valence-corrected chi connectivity index (χ0v) is 14.0. The highest BCUT2D eigenvalue weighted by molar-refractivity contribution is 7.13. The summed E-state index contributed by atoms with van der Waals surface area (Å²) in [6.45, 7) is 0.275. The van der Waals surface area contributed by atoms with Gasteiger partial charge in [0.15, 0.2) is 0 Å². The number of ether oxygens (including phenoxy) is 1. The second-order valence-corrected chi connectivity index (χ2v) is 6.28. The molecule has 0 radical (unpaired) electrons. The van der Waals surface area contributed by atoms with Crippen molar-refractivity contribution in [2.24, 2.45) is 0 Å². The van der Waals surface area contributed by atoms with Gasteiger partial charge in [-0.3, -0.25) is 0 Å². The SMILES string of the molecule is O=c1oc(-c2cccs2)nn1Cc1ccccc1Oc1ccccc1. The number of para-hydroxylation sites is 2. The Bertz CT molecular complexity index is 1020. The van der Waals surface area contributed by atoms with E-state index in [1.165, 1.54) is 16.0 Å². The lowest BCUT2D eigenvalue weighted by Gasteiger charge is -2.10. The van der Waals surface area contributed by atoms with Crippen LogP contribution in [0.2, 0.25) is 0 Å². The monoisotopic (exact) mass is 350 g/mol. The Morgan fingerprint density at radius 2 is 1.80 bits per heavy atom. The summed E-state index contributed by atoms with van der Waals surface area (Å²) in [5.74, 6) is 1.27. The van der Waals surface area contributed by atoms with Crippen molar-refractivity contribution in [3.8, 4) is 22.3 Å². The molecule has 0 aliphatic rings. The quantitative estimate of drug-likeness (QED) is 0.535. The Morgan fingerprint density at radius 3 is 2.60 bits per heavy atom. The van der Waals surface area contributed by atoms with E-state index in [1.54, 1.807) is 0 Å². The average molecular weight is 350 g/mol. The van der Waals surface area contributed by atoms with Crippen molar-refractivity contribution in [2.45, 2.75) is 6.54 Å². The predicted molar refractivity (Wildman–Crippen MR) is 96.1 cm³/mol. The van der Waals surface area contributed by atoms with Gasteiger partial charge in [-0.25, -0.2) is 4.79 Å². The second kappa shape index (κ2) is 6.78. The highest BCUT2D eigenvalue weighted by Gasteiger charge is 2.13. The Morgan fingerprint density at radius 1 is 1.00 bits per heavy atom. The molecule has 0 saturated carbocycles. The van der Waals surface area contributed by atoms with Crippen LogP contribution in [0.4, 0.5) is 0 Å². The van der Waals surface area contributed by atoms with E-state index in [2.05, 4.69) is 5.10 Å². The van der Waals surface area contributed by atoms with Crippen molar-refractivity contribution < 1.29 is 9.15 Å². The van der Waals surface area contributed by atoms with Gasteiger partial charge in [0.1, 0.15) is 11.5 Å². The van der Waals surface area contributed by atoms with Crippen LogP contribution in [0.5, 0.6) is 11.5 Å². The predicted octanol–water partition coefficient (Wildman–Crippen LogP) is 4.41. The highest BCUT2D eigenvalue weighted by atomic mass is 32.1.